The maximum Gasteiger partial charge on any atom is 0.303 e. The number of carboxylic acid groups (broad SMARTS) is 1. The zero-order chi connectivity index (χ0) is 9.14. The van der Waals surface area contributed by atoms with Crippen molar-refractivity contribution >= 4 is 17.6 Å². The van der Waals surface area contributed by atoms with Gasteiger partial charge in [-0.3, -0.25) is 9.48 Å². The summed E-state index contributed by atoms with van der Waals surface area (Å²) >= 11 is 5.75. The summed E-state index contributed by atoms with van der Waals surface area (Å²) in [4.78, 5) is 10.2. The van der Waals surface area contributed by atoms with Gasteiger partial charge in [-0.05, 0) is 0 Å². The maximum atomic E-state index is 10.2. The first-order valence-corrected chi connectivity index (χ1v) is 3.87. The fourth-order valence-corrected chi connectivity index (χ4v) is 1.20. The van der Waals surface area contributed by atoms with Crippen LogP contribution >= 0.6 is 11.6 Å². The molecule has 1 rings (SSSR count). The molecule has 1 heterocycles. The zero-order valence-electron chi connectivity index (χ0n) is 6.62. The lowest BCUT2D eigenvalue weighted by atomic mass is 10.2. The van der Waals surface area contributed by atoms with Crippen LogP contribution in [0.15, 0.2) is 6.20 Å². The number of halogens is 1. The largest absolute Gasteiger partial charge is 0.481 e. The minimum absolute atomic E-state index is 0.0826. The number of carboxylic acids is 1. The molecule has 1 aromatic rings. The van der Waals surface area contributed by atoms with Crippen molar-refractivity contribution in [2.45, 2.75) is 12.8 Å². The lowest BCUT2D eigenvalue weighted by Crippen LogP contribution is -2.03. The summed E-state index contributed by atoms with van der Waals surface area (Å²) in [5.41, 5.74) is 0.763. The molecule has 0 saturated carbocycles. The van der Waals surface area contributed by atoms with Crippen molar-refractivity contribution in [1.29, 1.82) is 0 Å². The number of hydrogen-bond acceptors (Lipinski definition) is 2. The van der Waals surface area contributed by atoms with Crippen molar-refractivity contribution in [2.75, 3.05) is 0 Å². The second-order valence-electron chi connectivity index (χ2n) is 2.46. The number of rotatable bonds is 3. The minimum Gasteiger partial charge on any atom is -0.481 e. The third kappa shape index (κ3) is 1.98. The molecule has 0 aliphatic rings. The van der Waals surface area contributed by atoms with E-state index in [1.165, 1.54) is 6.20 Å². The Hall–Kier alpha value is -1.03. The second kappa shape index (κ2) is 3.58. The van der Waals surface area contributed by atoms with Gasteiger partial charge in [-0.15, -0.1) is 0 Å². The molecule has 5 heteroatoms. The van der Waals surface area contributed by atoms with Crippen molar-refractivity contribution in [1.82, 2.24) is 9.78 Å². The summed E-state index contributed by atoms with van der Waals surface area (Å²) in [6.07, 6.45) is 2.02. The molecule has 0 aliphatic carbocycles. The van der Waals surface area contributed by atoms with Gasteiger partial charge in [-0.1, -0.05) is 11.6 Å². The molecule has 1 N–H and O–H groups in total. The summed E-state index contributed by atoms with van der Waals surface area (Å²) in [5.74, 6) is -0.827. The molecule has 0 aliphatic heterocycles. The van der Waals surface area contributed by atoms with E-state index in [0.29, 0.717) is 11.4 Å². The Morgan fingerprint density at radius 1 is 1.83 bits per heavy atom. The van der Waals surface area contributed by atoms with Crippen LogP contribution in [0.1, 0.15) is 12.1 Å². The van der Waals surface area contributed by atoms with Crippen LogP contribution in [-0.2, 0) is 18.3 Å². The van der Waals surface area contributed by atoms with Crippen LogP contribution < -0.4 is 0 Å². The zero-order valence-corrected chi connectivity index (χ0v) is 7.38. The van der Waals surface area contributed by atoms with Gasteiger partial charge in [0.25, 0.3) is 0 Å². The Labute approximate surface area is 74.8 Å². The smallest absolute Gasteiger partial charge is 0.303 e. The van der Waals surface area contributed by atoms with Crippen LogP contribution in [0.5, 0.6) is 0 Å². The van der Waals surface area contributed by atoms with Crippen LogP contribution in [-0.4, -0.2) is 20.9 Å². The standard InChI is InChI=1S/C7H9ClN2O2/c1-10-6(2-3-7(11)12)5(8)4-9-10/h4H,2-3H2,1H3,(H,11,12). The molecule has 0 bridgehead atoms. The van der Waals surface area contributed by atoms with Crippen LogP contribution in [0.2, 0.25) is 5.02 Å². The van der Waals surface area contributed by atoms with Gasteiger partial charge in [-0.25, -0.2) is 0 Å². The van der Waals surface area contributed by atoms with E-state index in [2.05, 4.69) is 5.10 Å². The van der Waals surface area contributed by atoms with Gasteiger partial charge >= 0.3 is 5.97 Å². The first-order chi connectivity index (χ1) is 5.61. The molecule has 66 valence electrons. The number of nitrogens with zero attached hydrogens (tertiary/aromatic N) is 2. The first kappa shape index (κ1) is 9.06. The van der Waals surface area contributed by atoms with Crippen LogP contribution in [0.3, 0.4) is 0 Å². The van der Waals surface area contributed by atoms with Crippen molar-refractivity contribution in [3.63, 3.8) is 0 Å². The maximum absolute atomic E-state index is 10.2. The molecule has 0 spiro atoms. The average molecular weight is 189 g/mol. The number of aryl methyl sites for hydroxylation is 1. The van der Waals surface area contributed by atoms with Crippen molar-refractivity contribution < 1.29 is 9.90 Å². The Kier molecular flexibility index (Phi) is 2.70. The number of hydrogen-bond donors (Lipinski definition) is 1. The fourth-order valence-electron chi connectivity index (χ4n) is 0.943. The molecular formula is C7H9ClN2O2. The third-order valence-corrected chi connectivity index (χ3v) is 1.90. The Balaban J connectivity index is 2.68. The van der Waals surface area contributed by atoms with E-state index < -0.39 is 5.97 Å². The summed E-state index contributed by atoms with van der Waals surface area (Å²) < 4.78 is 1.59. The second-order valence-corrected chi connectivity index (χ2v) is 2.86. The number of aliphatic carboxylic acids is 1. The highest BCUT2D eigenvalue weighted by atomic mass is 35.5. The van der Waals surface area contributed by atoms with Gasteiger partial charge in [0.1, 0.15) is 0 Å². The van der Waals surface area contributed by atoms with Crippen molar-refractivity contribution in [3.05, 3.63) is 16.9 Å². The van der Waals surface area contributed by atoms with E-state index in [4.69, 9.17) is 16.7 Å². The highest BCUT2D eigenvalue weighted by Crippen LogP contribution is 2.15. The number of carbonyl (C=O) groups is 1. The summed E-state index contributed by atoms with van der Waals surface area (Å²) in [6.45, 7) is 0. The van der Waals surface area contributed by atoms with E-state index in [9.17, 15) is 4.79 Å². The summed E-state index contributed by atoms with van der Waals surface area (Å²) in [5, 5.41) is 12.8. The molecule has 0 fully saturated rings. The number of aromatic nitrogens is 2. The van der Waals surface area contributed by atoms with Crippen LogP contribution in [0, 0.1) is 0 Å². The molecule has 4 nitrogen and oxygen atoms in total. The molecule has 0 amide bonds. The monoisotopic (exact) mass is 188 g/mol. The highest BCUT2D eigenvalue weighted by Gasteiger charge is 2.07. The third-order valence-electron chi connectivity index (χ3n) is 1.59. The Morgan fingerprint density at radius 2 is 2.50 bits per heavy atom. The van der Waals surface area contributed by atoms with Crippen LogP contribution in [0.25, 0.3) is 0 Å². The first-order valence-electron chi connectivity index (χ1n) is 3.49. The molecule has 12 heavy (non-hydrogen) atoms. The molecule has 1 aromatic heterocycles. The quantitative estimate of drug-likeness (QED) is 0.773. The van der Waals surface area contributed by atoms with Gasteiger partial charge in [0.15, 0.2) is 0 Å². The predicted molar refractivity (Wildman–Crippen MR) is 44.2 cm³/mol. The molecule has 0 saturated heterocycles. The topological polar surface area (TPSA) is 55.1 Å². The lowest BCUT2D eigenvalue weighted by molar-refractivity contribution is -0.136. The molecular weight excluding hydrogens is 180 g/mol. The average Bonchev–Trinajstić information content (AvgIpc) is 2.28. The van der Waals surface area contributed by atoms with Crippen LogP contribution in [0.4, 0.5) is 0 Å². The van der Waals surface area contributed by atoms with E-state index in [0.717, 1.165) is 5.69 Å². The SMILES string of the molecule is Cn1ncc(Cl)c1CCC(=O)O. The minimum atomic E-state index is -0.827. The molecule has 0 unspecified atom stereocenters. The Morgan fingerprint density at radius 3 is 2.92 bits per heavy atom. The van der Waals surface area contributed by atoms with Crippen molar-refractivity contribution in [2.24, 2.45) is 7.05 Å². The van der Waals surface area contributed by atoms with E-state index in [1.54, 1.807) is 11.7 Å². The highest BCUT2D eigenvalue weighted by molar-refractivity contribution is 6.31. The molecule has 0 atom stereocenters. The lowest BCUT2D eigenvalue weighted by Gasteiger charge is -1.99. The van der Waals surface area contributed by atoms with E-state index >= 15 is 0 Å². The van der Waals surface area contributed by atoms with E-state index in [-0.39, 0.29) is 6.42 Å². The molecule has 0 radical (unpaired) electrons. The van der Waals surface area contributed by atoms with Gasteiger partial charge in [0, 0.05) is 13.5 Å². The van der Waals surface area contributed by atoms with Gasteiger partial charge < -0.3 is 5.11 Å². The van der Waals surface area contributed by atoms with Gasteiger partial charge in [0.2, 0.25) is 0 Å². The fraction of sp³-hybridized carbons (Fsp3) is 0.429. The van der Waals surface area contributed by atoms with Gasteiger partial charge in [0.05, 0.1) is 23.3 Å². The summed E-state index contributed by atoms with van der Waals surface area (Å²) in [7, 11) is 1.74. The summed E-state index contributed by atoms with van der Waals surface area (Å²) in [6, 6.07) is 0. The van der Waals surface area contributed by atoms with E-state index in [1.807, 2.05) is 0 Å². The molecule has 0 aromatic carbocycles. The normalized spacial score (nSPS) is 10.2. The van der Waals surface area contributed by atoms with Gasteiger partial charge in [-0.2, -0.15) is 5.10 Å². The Bertz CT molecular complexity index is 276. The predicted octanol–water partition coefficient (Wildman–Crippen LogP) is 1.09. The van der Waals surface area contributed by atoms with Crippen molar-refractivity contribution in [3.8, 4) is 0 Å².